The van der Waals surface area contributed by atoms with E-state index in [-0.39, 0.29) is 16.1 Å². The Kier molecular flexibility index (Phi) is 1.97. The molecule has 1 aliphatic heterocycles. The maximum atomic E-state index is 10.4. The number of aliphatic carboxylic acids is 1. The number of hydrogen-bond donors (Lipinski definition) is 2. The second-order valence-electron chi connectivity index (χ2n) is 2.12. The molecule has 0 aromatic heterocycles. The van der Waals surface area contributed by atoms with E-state index in [1.165, 1.54) is 0 Å². The Morgan fingerprint density at radius 2 is 2.56 bits per heavy atom. The fourth-order valence-electron chi connectivity index (χ4n) is 0.853. The molecular weight excluding hydrogens is 138 g/mol. The molecule has 3 nitrogen and oxygen atoms in total. The van der Waals surface area contributed by atoms with Crippen LogP contribution in [-0.2, 0) is 15.7 Å². The molecule has 0 spiro atoms. The van der Waals surface area contributed by atoms with Crippen molar-refractivity contribution in [2.75, 3.05) is 18.7 Å². The van der Waals surface area contributed by atoms with Crippen LogP contribution in [0, 0.1) is 0 Å². The van der Waals surface area contributed by atoms with Crippen LogP contribution in [0.25, 0.3) is 0 Å². The number of carbonyl (C=O) groups is 1. The van der Waals surface area contributed by atoms with Gasteiger partial charge in [0.25, 0.3) is 0 Å². The second kappa shape index (κ2) is 2.58. The average Bonchev–Trinajstić information content (AvgIpc) is 2.13. The lowest BCUT2D eigenvalue weighted by atomic mass is 10.4. The predicted octanol–water partition coefficient (Wildman–Crippen LogP) is -0.752. The highest BCUT2D eigenvalue weighted by Crippen LogP contribution is 2.07. The van der Waals surface area contributed by atoms with Crippen LogP contribution < -0.4 is 5.32 Å². The molecule has 52 valence electrons. The van der Waals surface area contributed by atoms with Gasteiger partial charge < -0.3 is 5.11 Å². The van der Waals surface area contributed by atoms with Gasteiger partial charge in [-0.25, -0.2) is 4.79 Å². The molecule has 0 aromatic rings. The van der Waals surface area contributed by atoms with Crippen molar-refractivity contribution in [3.63, 3.8) is 0 Å². The topological polar surface area (TPSA) is 49.3 Å². The first-order chi connectivity index (χ1) is 4.22. The zero-order chi connectivity index (χ0) is 6.85. The third kappa shape index (κ3) is 1.37. The largest absolute Gasteiger partial charge is 0.478 e. The van der Waals surface area contributed by atoms with Crippen molar-refractivity contribution in [3.8, 4) is 0 Å². The number of hydrogen-bond acceptors (Lipinski definition) is 2. The van der Waals surface area contributed by atoms with E-state index in [2.05, 4.69) is 5.32 Å². The normalized spacial score (nSPS) is 34.8. The summed E-state index contributed by atoms with van der Waals surface area (Å²) in [6, 6.07) is 0. The fraction of sp³-hybridized carbons (Fsp3) is 0.800. The zero-order valence-electron chi connectivity index (χ0n) is 5.26. The van der Waals surface area contributed by atoms with Gasteiger partial charge in [0, 0.05) is 10.9 Å². The summed E-state index contributed by atoms with van der Waals surface area (Å²) in [6.45, 7) is 0.648. The summed E-state index contributed by atoms with van der Waals surface area (Å²) in [5.41, 5.74) is 0. The lowest BCUT2D eigenvalue weighted by molar-refractivity contribution is -0.136. The van der Waals surface area contributed by atoms with E-state index < -0.39 is 5.97 Å². The van der Waals surface area contributed by atoms with Gasteiger partial charge >= 0.3 is 5.97 Å². The number of rotatable bonds is 1. The summed E-state index contributed by atoms with van der Waals surface area (Å²) < 4.78 is 0. The van der Waals surface area contributed by atoms with E-state index in [1.807, 2.05) is 6.26 Å². The molecule has 9 heavy (non-hydrogen) atoms. The number of nitrogens with one attached hydrogen (secondary N) is 1. The highest BCUT2D eigenvalue weighted by Gasteiger charge is 2.37. The molecule has 1 heterocycles. The maximum absolute atomic E-state index is 10.4. The molecule has 1 fully saturated rings. The van der Waals surface area contributed by atoms with Crippen molar-refractivity contribution in [2.24, 2.45) is 0 Å². The summed E-state index contributed by atoms with van der Waals surface area (Å²) in [7, 11) is 0.0486. The molecule has 0 radical (unpaired) electrons. The van der Waals surface area contributed by atoms with Crippen molar-refractivity contribution in [1.29, 1.82) is 0 Å². The molecule has 1 saturated heterocycles. The monoisotopic (exact) mass is 148 g/mol. The third-order valence-electron chi connectivity index (χ3n) is 1.42. The second-order valence-corrected chi connectivity index (χ2v) is 4.36. The molecule has 0 aromatic carbocycles. The third-order valence-corrected chi connectivity index (χ3v) is 3.42. The predicted molar refractivity (Wildman–Crippen MR) is 37.6 cm³/mol. The Hall–Kier alpha value is -0.220. The number of carboxylic acid groups (broad SMARTS) is 1. The molecule has 1 aliphatic rings. The Labute approximate surface area is 56.8 Å². The van der Waals surface area contributed by atoms with Crippen LogP contribution in [0.5, 0.6) is 0 Å². The summed E-state index contributed by atoms with van der Waals surface area (Å²) in [4.78, 5) is 10.4. The van der Waals surface area contributed by atoms with Gasteiger partial charge in [-0.1, -0.05) is 0 Å². The number of carboxylic acids is 1. The Morgan fingerprint density at radius 3 is 2.78 bits per heavy atom. The summed E-state index contributed by atoms with van der Waals surface area (Å²) in [5.74, 6) is 0.211. The highest BCUT2D eigenvalue weighted by molar-refractivity contribution is 7.97. The van der Waals surface area contributed by atoms with Gasteiger partial charge in [0.2, 0.25) is 5.25 Å². The molecule has 2 atom stereocenters. The molecule has 2 N–H and O–H groups in total. The van der Waals surface area contributed by atoms with Gasteiger partial charge in [-0.2, -0.15) is 0 Å². The van der Waals surface area contributed by atoms with E-state index in [0.29, 0.717) is 6.54 Å². The smallest absolute Gasteiger partial charge is 0.358 e. The molecule has 4 heteroatoms. The SMILES string of the molecule is C[S+]1CNCC1C(=O)O. The lowest BCUT2D eigenvalue weighted by Crippen LogP contribution is -2.28. The fourth-order valence-corrected chi connectivity index (χ4v) is 2.24. The molecule has 2 unspecified atom stereocenters. The minimum absolute atomic E-state index is 0.0486. The van der Waals surface area contributed by atoms with Crippen LogP contribution in [0.1, 0.15) is 0 Å². The van der Waals surface area contributed by atoms with Crippen molar-refractivity contribution >= 4 is 16.9 Å². The van der Waals surface area contributed by atoms with E-state index >= 15 is 0 Å². The molecule has 0 saturated carbocycles. The Bertz CT molecular complexity index is 128. The van der Waals surface area contributed by atoms with Gasteiger partial charge in [-0.3, -0.25) is 5.32 Å². The van der Waals surface area contributed by atoms with Crippen molar-refractivity contribution < 1.29 is 9.90 Å². The van der Waals surface area contributed by atoms with Gasteiger partial charge in [-0.05, 0) is 0 Å². The lowest BCUT2D eigenvalue weighted by Gasteiger charge is -1.97. The Balaban J connectivity index is 2.49. The maximum Gasteiger partial charge on any atom is 0.358 e. The standard InChI is InChI=1S/C5H9NO2S/c1-9-3-6-2-4(9)5(7)8/h4,6H,2-3H2,1H3/p+1. The minimum atomic E-state index is -0.661. The first-order valence-electron chi connectivity index (χ1n) is 2.76. The Morgan fingerprint density at radius 1 is 1.89 bits per heavy atom. The van der Waals surface area contributed by atoms with Gasteiger partial charge in [0.15, 0.2) is 5.88 Å². The molecule has 1 rings (SSSR count). The van der Waals surface area contributed by atoms with Crippen molar-refractivity contribution in [2.45, 2.75) is 5.25 Å². The van der Waals surface area contributed by atoms with E-state index in [0.717, 1.165) is 5.88 Å². The van der Waals surface area contributed by atoms with E-state index in [9.17, 15) is 4.79 Å². The van der Waals surface area contributed by atoms with Crippen LogP contribution in [0.2, 0.25) is 0 Å². The quantitative estimate of drug-likeness (QED) is 0.481. The average molecular weight is 148 g/mol. The molecule has 0 amide bonds. The van der Waals surface area contributed by atoms with Gasteiger partial charge in [0.1, 0.15) is 0 Å². The van der Waals surface area contributed by atoms with Gasteiger partial charge in [-0.15, -0.1) is 0 Å². The van der Waals surface area contributed by atoms with Crippen LogP contribution in [0.4, 0.5) is 0 Å². The zero-order valence-corrected chi connectivity index (χ0v) is 6.07. The summed E-state index contributed by atoms with van der Waals surface area (Å²) >= 11 is 0. The van der Waals surface area contributed by atoms with Crippen LogP contribution in [-0.4, -0.2) is 35.0 Å². The van der Waals surface area contributed by atoms with Crippen LogP contribution in [0.15, 0.2) is 0 Å². The van der Waals surface area contributed by atoms with E-state index in [4.69, 9.17) is 5.11 Å². The first-order valence-corrected chi connectivity index (χ1v) is 4.63. The van der Waals surface area contributed by atoms with Crippen molar-refractivity contribution in [3.05, 3.63) is 0 Å². The first kappa shape index (κ1) is 6.89. The highest BCUT2D eigenvalue weighted by atomic mass is 32.2. The summed E-state index contributed by atoms with van der Waals surface area (Å²) in [6.07, 6.45) is 1.98. The summed E-state index contributed by atoms with van der Waals surface area (Å²) in [5, 5.41) is 11.5. The van der Waals surface area contributed by atoms with Crippen LogP contribution in [0.3, 0.4) is 0 Å². The molecular formula is C5H10NO2S+. The molecule has 0 aliphatic carbocycles. The van der Waals surface area contributed by atoms with Gasteiger partial charge in [0.05, 0.1) is 12.8 Å². The molecule has 0 bridgehead atoms. The minimum Gasteiger partial charge on any atom is -0.478 e. The van der Waals surface area contributed by atoms with Crippen molar-refractivity contribution in [1.82, 2.24) is 5.32 Å². The van der Waals surface area contributed by atoms with E-state index in [1.54, 1.807) is 0 Å². The van der Waals surface area contributed by atoms with Crippen LogP contribution >= 0.6 is 0 Å².